The summed E-state index contributed by atoms with van der Waals surface area (Å²) in [5.74, 6) is -0.517. The summed E-state index contributed by atoms with van der Waals surface area (Å²) in [6, 6.07) is 16.4. The normalized spacial score (nSPS) is 11.4. The summed E-state index contributed by atoms with van der Waals surface area (Å²) in [6.07, 6.45) is 3.15. The van der Waals surface area contributed by atoms with Crippen molar-refractivity contribution in [3.05, 3.63) is 87.1 Å². The third kappa shape index (κ3) is 4.56. The number of aryl methyl sites for hydroxylation is 2. The monoisotopic (exact) mass is 462 g/mol. The maximum atomic E-state index is 12.9. The van der Waals surface area contributed by atoms with E-state index < -0.39 is 5.91 Å². The van der Waals surface area contributed by atoms with Crippen LogP contribution < -0.4 is 11.0 Å². The number of hydrogen-bond donors (Lipinski definition) is 1. The van der Waals surface area contributed by atoms with E-state index in [1.54, 1.807) is 28.9 Å². The number of aromatic nitrogens is 4. The zero-order valence-electron chi connectivity index (χ0n) is 18.3. The van der Waals surface area contributed by atoms with Crippen LogP contribution in [0.3, 0.4) is 0 Å². The van der Waals surface area contributed by atoms with Gasteiger partial charge in [0.2, 0.25) is 0 Å². The fourth-order valence-electron chi connectivity index (χ4n) is 3.47. The lowest BCUT2D eigenvalue weighted by molar-refractivity contribution is 0.0949. The number of hydrogen-bond acceptors (Lipinski definition) is 5. The molecule has 0 radical (unpaired) electrons. The molecular weight excluding hydrogens is 440 g/mol. The van der Waals surface area contributed by atoms with Crippen LogP contribution in [0.15, 0.2) is 64.5 Å². The molecule has 0 bridgehead atoms. The highest BCUT2D eigenvalue weighted by Gasteiger charge is 2.17. The number of halogens is 1. The third-order valence-corrected chi connectivity index (χ3v) is 5.58. The molecule has 8 nitrogen and oxygen atoms in total. The molecule has 2 heterocycles. The molecule has 0 saturated heterocycles. The molecule has 0 saturated carbocycles. The summed E-state index contributed by atoms with van der Waals surface area (Å²) in [5, 5.41) is 14.2. The number of nitrogens with zero attached hydrogens (tertiary/aromatic N) is 5. The number of fused-ring (bicyclic) bond motifs is 1. The Labute approximate surface area is 195 Å². The van der Waals surface area contributed by atoms with Crippen molar-refractivity contribution < 1.29 is 4.79 Å². The molecule has 168 valence electrons. The summed E-state index contributed by atoms with van der Waals surface area (Å²) in [6.45, 7) is 4.28. The smallest absolute Gasteiger partial charge is 0.267 e. The molecule has 0 fully saturated rings. The fraction of sp³-hybridized carbons (Fsp3) is 0.208. The van der Waals surface area contributed by atoms with Crippen molar-refractivity contribution in [3.8, 4) is 5.69 Å². The van der Waals surface area contributed by atoms with Gasteiger partial charge in [0.25, 0.3) is 11.5 Å². The number of carbonyl (C=O) groups is 1. The van der Waals surface area contributed by atoms with Crippen molar-refractivity contribution in [2.24, 2.45) is 5.10 Å². The Kier molecular flexibility index (Phi) is 6.65. The van der Waals surface area contributed by atoms with Gasteiger partial charge in [-0.2, -0.15) is 15.3 Å². The molecular formula is C24H23ClN6O2. The van der Waals surface area contributed by atoms with Gasteiger partial charge in [-0.05, 0) is 31.5 Å². The predicted molar refractivity (Wildman–Crippen MR) is 129 cm³/mol. The van der Waals surface area contributed by atoms with Gasteiger partial charge in [0, 0.05) is 11.9 Å². The fourth-order valence-corrected chi connectivity index (χ4v) is 3.79. The van der Waals surface area contributed by atoms with Crippen molar-refractivity contribution >= 4 is 34.5 Å². The Morgan fingerprint density at radius 2 is 1.79 bits per heavy atom. The lowest BCUT2D eigenvalue weighted by Gasteiger charge is -2.09. The SMILES string of the molecule is CCCCn1nc(C(=O)N/N=C/c2c(C)nn(-c3ccccc3)c2Cl)c2ccccc2c1=O. The van der Waals surface area contributed by atoms with Crippen molar-refractivity contribution in [2.45, 2.75) is 33.2 Å². The minimum Gasteiger partial charge on any atom is -0.267 e. The van der Waals surface area contributed by atoms with Gasteiger partial charge in [0.1, 0.15) is 5.15 Å². The summed E-state index contributed by atoms with van der Waals surface area (Å²) in [5.41, 5.74) is 4.50. The van der Waals surface area contributed by atoms with E-state index in [9.17, 15) is 9.59 Å². The number of hydrazone groups is 1. The quantitative estimate of drug-likeness (QED) is 0.330. The molecule has 2 aromatic carbocycles. The molecule has 9 heteroatoms. The largest absolute Gasteiger partial charge is 0.292 e. The van der Waals surface area contributed by atoms with E-state index in [-0.39, 0.29) is 11.3 Å². The van der Waals surface area contributed by atoms with Crippen LogP contribution in [0.25, 0.3) is 16.5 Å². The Balaban J connectivity index is 1.62. The highest BCUT2D eigenvalue weighted by molar-refractivity contribution is 6.32. The average molecular weight is 463 g/mol. The Morgan fingerprint density at radius 3 is 2.52 bits per heavy atom. The molecule has 0 atom stereocenters. The molecule has 2 aromatic heterocycles. The number of carbonyl (C=O) groups excluding carboxylic acids is 1. The van der Waals surface area contributed by atoms with Crippen molar-refractivity contribution in [3.63, 3.8) is 0 Å². The predicted octanol–water partition coefficient (Wildman–Crippen LogP) is 4.11. The number of unbranched alkanes of at least 4 members (excludes halogenated alkanes) is 1. The first-order valence-electron chi connectivity index (χ1n) is 10.6. The van der Waals surface area contributed by atoms with Gasteiger partial charge in [-0.15, -0.1) is 0 Å². The zero-order valence-corrected chi connectivity index (χ0v) is 19.1. The van der Waals surface area contributed by atoms with E-state index in [2.05, 4.69) is 20.7 Å². The van der Waals surface area contributed by atoms with E-state index in [1.807, 2.05) is 44.2 Å². The van der Waals surface area contributed by atoms with Gasteiger partial charge in [-0.3, -0.25) is 9.59 Å². The van der Waals surface area contributed by atoms with E-state index >= 15 is 0 Å². The zero-order chi connectivity index (χ0) is 23.4. The number of rotatable bonds is 7. The number of nitrogens with one attached hydrogen (secondary N) is 1. The molecule has 1 N–H and O–H groups in total. The van der Waals surface area contributed by atoms with Crippen LogP contribution in [0.1, 0.15) is 41.5 Å². The molecule has 4 rings (SSSR count). The second kappa shape index (κ2) is 9.79. The molecule has 0 spiro atoms. The van der Waals surface area contributed by atoms with Crippen LogP contribution >= 0.6 is 11.6 Å². The highest BCUT2D eigenvalue weighted by atomic mass is 35.5. The van der Waals surface area contributed by atoms with Gasteiger partial charge in [-0.25, -0.2) is 14.8 Å². The van der Waals surface area contributed by atoms with E-state index in [1.165, 1.54) is 10.9 Å². The summed E-state index contributed by atoms with van der Waals surface area (Å²) in [4.78, 5) is 25.6. The summed E-state index contributed by atoms with van der Waals surface area (Å²) < 4.78 is 2.95. The van der Waals surface area contributed by atoms with Gasteiger partial charge < -0.3 is 0 Å². The minimum absolute atomic E-state index is 0.140. The molecule has 1 amide bonds. The number of benzene rings is 2. The van der Waals surface area contributed by atoms with E-state index in [0.717, 1.165) is 18.5 Å². The summed E-state index contributed by atoms with van der Waals surface area (Å²) >= 11 is 6.51. The van der Waals surface area contributed by atoms with Crippen LogP contribution in [0, 0.1) is 6.92 Å². The first kappa shape index (κ1) is 22.4. The number of para-hydroxylation sites is 1. The maximum Gasteiger partial charge on any atom is 0.292 e. The van der Waals surface area contributed by atoms with Gasteiger partial charge in [0.05, 0.1) is 28.5 Å². The molecule has 33 heavy (non-hydrogen) atoms. The third-order valence-electron chi connectivity index (χ3n) is 5.21. The summed E-state index contributed by atoms with van der Waals surface area (Å²) in [7, 11) is 0. The highest BCUT2D eigenvalue weighted by Crippen LogP contribution is 2.22. The number of amides is 1. The molecule has 4 aromatic rings. The molecule has 0 unspecified atom stereocenters. The first-order valence-corrected chi connectivity index (χ1v) is 11.0. The van der Waals surface area contributed by atoms with Gasteiger partial charge in [0.15, 0.2) is 5.69 Å². The topological polar surface area (TPSA) is 94.2 Å². The second-order valence-electron chi connectivity index (χ2n) is 7.51. The van der Waals surface area contributed by atoms with Crippen LogP contribution in [0.4, 0.5) is 0 Å². The Bertz CT molecular complexity index is 1390. The molecule has 0 aliphatic rings. The maximum absolute atomic E-state index is 12.9. The average Bonchev–Trinajstić information content (AvgIpc) is 3.12. The Hall–Kier alpha value is -3.78. The van der Waals surface area contributed by atoms with E-state index in [4.69, 9.17) is 11.6 Å². The Morgan fingerprint density at radius 1 is 1.09 bits per heavy atom. The van der Waals surface area contributed by atoms with E-state index in [0.29, 0.717) is 33.7 Å². The molecule has 0 aliphatic carbocycles. The van der Waals surface area contributed by atoms with Gasteiger partial charge in [-0.1, -0.05) is 61.3 Å². The van der Waals surface area contributed by atoms with Crippen LogP contribution in [-0.2, 0) is 6.54 Å². The lowest BCUT2D eigenvalue weighted by atomic mass is 10.1. The van der Waals surface area contributed by atoms with Crippen LogP contribution in [0.2, 0.25) is 5.15 Å². The van der Waals surface area contributed by atoms with Gasteiger partial charge >= 0.3 is 0 Å². The molecule has 0 aliphatic heterocycles. The van der Waals surface area contributed by atoms with Crippen LogP contribution in [0.5, 0.6) is 0 Å². The second-order valence-corrected chi connectivity index (χ2v) is 7.87. The van der Waals surface area contributed by atoms with Crippen molar-refractivity contribution in [1.82, 2.24) is 25.0 Å². The van der Waals surface area contributed by atoms with Crippen molar-refractivity contribution in [1.29, 1.82) is 0 Å². The lowest BCUT2D eigenvalue weighted by Crippen LogP contribution is -2.29. The minimum atomic E-state index is -0.517. The standard InChI is InChI=1S/C24H23ClN6O2/c1-3-4-14-30-24(33)19-13-9-8-12-18(19)21(29-30)23(32)27-26-15-20-16(2)28-31(22(20)25)17-10-6-5-7-11-17/h5-13,15H,3-4,14H2,1-2H3,(H,27,32)/b26-15+. The van der Waals surface area contributed by atoms with Crippen LogP contribution in [-0.4, -0.2) is 31.7 Å². The first-order chi connectivity index (χ1) is 16.0. The van der Waals surface area contributed by atoms with Crippen molar-refractivity contribution in [2.75, 3.05) is 0 Å².